The number of hydrogen-bond acceptors (Lipinski definition) is 2. The second-order valence-corrected chi connectivity index (χ2v) is 5.97. The SMILES string of the molecule is CC1(O)C=CP(C)(=O)C1. The van der Waals surface area contributed by atoms with Crippen molar-refractivity contribution < 1.29 is 9.67 Å². The summed E-state index contributed by atoms with van der Waals surface area (Å²) in [5, 5.41) is 9.27. The number of aliphatic hydroxyl groups is 1. The smallest absolute Gasteiger partial charge is 0.108 e. The maximum Gasteiger partial charge on any atom is 0.108 e. The summed E-state index contributed by atoms with van der Waals surface area (Å²) < 4.78 is 11.2. The second-order valence-electron chi connectivity index (χ2n) is 3.01. The van der Waals surface area contributed by atoms with Crippen molar-refractivity contribution in [2.75, 3.05) is 12.8 Å². The molecule has 0 aromatic rings. The first-order chi connectivity index (χ1) is 3.91. The number of rotatable bonds is 0. The second kappa shape index (κ2) is 1.71. The van der Waals surface area contributed by atoms with E-state index in [1.54, 1.807) is 25.5 Å². The van der Waals surface area contributed by atoms with Crippen molar-refractivity contribution in [3.63, 3.8) is 0 Å². The van der Waals surface area contributed by atoms with E-state index in [-0.39, 0.29) is 0 Å². The molecular weight excluding hydrogens is 135 g/mol. The monoisotopic (exact) mass is 146 g/mol. The van der Waals surface area contributed by atoms with Crippen molar-refractivity contribution >= 4 is 7.14 Å². The summed E-state index contributed by atoms with van der Waals surface area (Å²) in [6.07, 6.45) is 2.02. The lowest BCUT2D eigenvalue weighted by molar-refractivity contribution is 0.139. The fraction of sp³-hybridized carbons (Fsp3) is 0.667. The average molecular weight is 146 g/mol. The first-order valence-electron chi connectivity index (χ1n) is 2.90. The molecule has 2 nitrogen and oxygen atoms in total. The molecule has 0 saturated carbocycles. The molecule has 0 aromatic heterocycles. The third-order valence-corrected chi connectivity index (χ3v) is 3.43. The van der Waals surface area contributed by atoms with Crippen LogP contribution in [0.5, 0.6) is 0 Å². The lowest BCUT2D eigenvalue weighted by Gasteiger charge is -2.13. The van der Waals surface area contributed by atoms with E-state index in [1.165, 1.54) is 0 Å². The van der Waals surface area contributed by atoms with E-state index < -0.39 is 12.7 Å². The molecule has 0 aromatic carbocycles. The Morgan fingerprint density at radius 3 is 2.44 bits per heavy atom. The zero-order valence-electron chi connectivity index (χ0n) is 5.66. The van der Waals surface area contributed by atoms with Crippen molar-refractivity contribution in [3.05, 3.63) is 11.9 Å². The van der Waals surface area contributed by atoms with E-state index in [0.29, 0.717) is 6.16 Å². The van der Waals surface area contributed by atoms with Crippen molar-refractivity contribution in [3.8, 4) is 0 Å². The fourth-order valence-electron chi connectivity index (χ4n) is 1.06. The lowest BCUT2D eigenvalue weighted by atomic mass is 10.1. The van der Waals surface area contributed by atoms with Crippen LogP contribution in [0.4, 0.5) is 0 Å². The standard InChI is InChI=1S/C6H11O2P/c1-6(7)3-4-9(2,8)5-6/h3-4,7H,5H2,1-2H3. The van der Waals surface area contributed by atoms with E-state index in [2.05, 4.69) is 0 Å². The van der Waals surface area contributed by atoms with Gasteiger partial charge in [0.2, 0.25) is 0 Å². The lowest BCUT2D eigenvalue weighted by Crippen LogP contribution is -2.21. The average Bonchev–Trinajstić information content (AvgIpc) is 1.78. The van der Waals surface area contributed by atoms with E-state index >= 15 is 0 Å². The van der Waals surface area contributed by atoms with Gasteiger partial charge in [-0.25, -0.2) is 0 Å². The zero-order chi connectivity index (χ0) is 7.12. The summed E-state index contributed by atoms with van der Waals surface area (Å²) in [5.41, 5.74) is -0.815. The maximum absolute atomic E-state index is 11.2. The van der Waals surface area contributed by atoms with E-state index in [4.69, 9.17) is 0 Å². The molecule has 0 amide bonds. The van der Waals surface area contributed by atoms with Crippen LogP contribution in [-0.4, -0.2) is 23.5 Å². The molecule has 2 atom stereocenters. The fourth-order valence-corrected chi connectivity index (χ4v) is 3.18. The van der Waals surface area contributed by atoms with Gasteiger partial charge in [0.25, 0.3) is 0 Å². The molecule has 0 spiro atoms. The summed E-state index contributed by atoms with van der Waals surface area (Å²) in [6, 6.07) is 0. The van der Waals surface area contributed by atoms with Crippen LogP contribution in [0, 0.1) is 0 Å². The highest BCUT2D eigenvalue weighted by Crippen LogP contribution is 2.50. The minimum atomic E-state index is -2.10. The number of hydrogen-bond donors (Lipinski definition) is 1. The highest BCUT2D eigenvalue weighted by molar-refractivity contribution is 7.66. The first-order valence-corrected chi connectivity index (χ1v) is 5.31. The van der Waals surface area contributed by atoms with Gasteiger partial charge in [-0.05, 0) is 25.5 Å². The molecule has 3 heteroatoms. The molecule has 0 aliphatic carbocycles. The predicted molar refractivity (Wildman–Crippen MR) is 38.2 cm³/mol. The molecule has 1 rings (SSSR count). The zero-order valence-corrected chi connectivity index (χ0v) is 6.56. The van der Waals surface area contributed by atoms with Crippen LogP contribution in [0.2, 0.25) is 0 Å². The first kappa shape index (κ1) is 7.04. The van der Waals surface area contributed by atoms with Gasteiger partial charge in [0.15, 0.2) is 0 Å². The molecule has 1 heterocycles. The molecular formula is C6H11O2P. The van der Waals surface area contributed by atoms with E-state index in [0.717, 1.165) is 0 Å². The molecule has 0 radical (unpaired) electrons. The Morgan fingerprint density at radius 1 is 1.78 bits per heavy atom. The third kappa shape index (κ3) is 1.67. The topological polar surface area (TPSA) is 37.3 Å². The highest BCUT2D eigenvalue weighted by Gasteiger charge is 2.31. The Hall–Kier alpha value is -0.0700. The summed E-state index contributed by atoms with van der Waals surface area (Å²) in [6.45, 7) is 3.36. The van der Waals surface area contributed by atoms with Crippen molar-refractivity contribution in [2.24, 2.45) is 0 Å². The molecule has 0 fully saturated rings. The minimum absolute atomic E-state index is 0.403. The Bertz CT molecular complexity index is 193. The molecule has 1 N–H and O–H groups in total. The summed E-state index contributed by atoms with van der Waals surface area (Å²) in [5.74, 6) is 1.63. The third-order valence-electron chi connectivity index (χ3n) is 1.38. The summed E-state index contributed by atoms with van der Waals surface area (Å²) in [7, 11) is -2.10. The van der Waals surface area contributed by atoms with Gasteiger partial charge in [-0.3, -0.25) is 0 Å². The van der Waals surface area contributed by atoms with Gasteiger partial charge in [-0.1, -0.05) is 0 Å². The molecule has 1 aliphatic rings. The van der Waals surface area contributed by atoms with Crippen LogP contribution in [-0.2, 0) is 4.57 Å². The van der Waals surface area contributed by atoms with Gasteiger partial charge in [-0.15, -0.1) is 0 Å². The maximum atomic E-state index is 11.2. The van der Waals surface area contributed by atoms with Crippen LogP contribution >= 0.6 is 7.14 Å². The molecule has 0 saturated heterocycles. The molecule has 1 aliphatic heterocycles. The van der Waals surface area contributed by atoms with Gasteiger partial charge >= 0.3 is 0 Å². The van der Waals surface area contributed by atoms with Gasteiger partial charge in [0.05, 0.1) is 5.60 Å². The van der Waals surface area contributed by atoms with Crippen molar-refractivity contribution in [1.82, 2.24) is 0 Å². The minimum Gasteiger partial charge on any atom is -0.386 e. The quantitative estimate of drug-likeness (QED) is 0.522. The molecule has 9 heavy (non-hydrogen) atoms. The molecule has 2 unspecified atom stereocenters. The van der Waals surface area contributed by atoms with Crippen LogP contribution in [0.15, 0.2) is 11.9 Å². The van der Waals surface area contributed by atoms with E-state index in [9.17, 15) is 9.67 Å². The van der Waals surface area contributed by atoms with Crippen LogP contribution < -0.4 is 0 Å². The predicted octanol–water partition coefficient (Wildman–Crippen LogP) is 1.26. The van der Waals surface area contributed by atoms with Crippen LogP contribution in [0.3, 0.4) is 0 Å². The Morgan fingerprint density at radius 2 is 2.33 bits per heavy atom. The van der Waals surface area contributed by atoms with Gasteiger partial charge < -0.3 is 9.67 Å². The van der Waals surface area contributed by atoms with E-state index in [1.807, 2.05) is 0 Å². The van der Waals surface area contributed by atoms with Gasteiger partial charge in [-0.2, -0.15) is 0 Å². The Labute approximate surface area is 55.0 Å². The van der Waals surface area contributed by atoms with Crippen molar-refractivity contribution in [2.45, 2.75) is 12.5 Å². The van der Waals surface area contributed by atoms with Gasteiger partial charge in [0, 0.05) is 6.16 Å². The van der Waals surface area contributed by atoms with Crippen LogP contribution in [0.1, 0.15) is 6.92 Å². The summed E-state index contributed by atoms with van der Waals surface area (Å²) in [4.78, 5) is 0. The largest absolute Gasteiger partial charge is 0.386 e. The van der Waals surface area contributed by atoms with Crippen molar-refractivity contribution in [1.29, 1.82) is 0 Å². The Kier molecular flexibility index (Phi) is 1.34. The summed E-state index contributed by atoms with van der Waals surface area (Å²) >= 11 is 0. The molecule has 0 bridgehead atoms. The molecule has 52 valence electrons. The van der Waals surface area contributed by atoms with Gasteiger partial charge in [0.1, 0.15) is 7.14 Å². The Balaban J connectivity index is 2.84. The highest BCUT2D eigenvalue weighted by atomic mass is 31.2. The van der Waals surface area contributed by atoms with Crippen LogP contribution in [0.25, 0.3) is 0 Å². The normalized spacial score (nSPS) is 50.1.